The Kier molecular flexibility index (Phi) is 4.44. The lowest BCUT2D eigenvalue weighted by atomic mass is 10.0. The highest BCUT2D eigenvalue weighted by Crippen LogP contribution is 2.18. The van der Waals surface area contributed by atoms with Crippen molar-refractivity contribution in [3.8, 4) is 5.88 Å². The number of nitrogens with zero attached hydrogens (tertiary/aromatic N) is 1. The molecule has 0 amide bonds. The van der Waals surface area contributed by atoms with E-state index in [1.54, 1.807) is 6.20 Å². The van der Waals surface area contributed by atoms with Gasteiger partial charge in [0.05, 0.1) is 0 Å². The molecule has 1 N–H and O–H groups in total. The number of hydrogen-bond donors (Lipinski definition) is 1. The van der Waals surface area contributed by atoms with Crippen LogP contribution in [0.1, 0.15) is 5.56 Å². The molecular formula is C18H18N2O. The molecule has 0 atom stereocenters. The molecule has 0 saturated carbocycles. The van der Waals surface area contributed by atoms with E-state index < -0.39 is 0 Å². The van der Waals surface area contributed by atoms with Crippen LogP contribution in [-0.2, 0) is 6.54 Å². The van der Waals surface area contributed by atoms with Crippen LogP contribution in [0.15, 0.2) is 66.9 Å². The van der Waals surface area contributed by atoms with Crippen LogP contribution in [-0.4, -0.2) is 18.1 Å². The summed E-state index contributed by atoms with van der Waals surface area (Å²) < 4.78 is 5.56. The molecule has 0 bridgehead atoms. The van der Waals surface area contributed by atoms with Crippen molar-refractivity contribution in [1.29, 1.82) is 0 Å². The lowest BCUT2D eigenvalue weighted by Crippen LogP contribution is -2.20. The van der Waals surface area contributed by atoms with Crippen molar-refractivity contribution in [2.24, 2.45) is 0 Å². The van der Waals surface area contributed by atoms with E-state index in [0.717, 1.165) is 13.1 Å². The average Bonchev–Trinajstić information content (AvgIpc) is 2.56. The van der Waals surface area contributed by atoms with Crippen molar-refractivity contribution < 1.29 is 4.74 Å². The van der Waals surface area contributed by atoms with Gasteiger partial charge in [-0.1, -0.05) is 48.5 Å². The summed E-state index contributed by atoms with van der Waals surface area (Å²) in [5, 5.41) is 5.99. The molecule has 106 valence electrons. The maximum absolute atomic E-state index is 5.56. The zero-order valence-electron chi connectivity index (χ0n) is 11.8. The van der Waals surface area contributed by atoms with E-state index in [1.165, 1.54) is 16.3 Å². The Labute approximate surface area is 124 Å². The van der Waals surface area contributed by atoms with Crippen molar-refractivity contribution in [1.82, 2.24) is 10.3 Å². The Balaban J connectivity index is 1.51. The molecule has 0 aliphatic carbocycles. The predicted molar refractivity (Wildman–Crippen MR) is 85.4 cm³/mol. The van der Waals surface area contributed by atoms with Crippen LogP contribution in [0.2, 0.25) is 0 Å². The summed E-state index contributed by atoms with van der Waals surface area (Å²) in [6.45, 7) is 2.24. The van der Waals surface area contributed by atoms with Crippen LogP contribution < -0.4 is 10.1 Å². The Morgan fingerprint density at radius 1 is 0.905 bits per heavy atom. The van der Waals surface area contributed by atoms with Crippen molar-refractivity contribution in [2.75, 3.05) is 13.2 Å². The molecule has 3 rings (SSSR count). The Hall–Kier alpha value is -2.39. The Bertz CT molecular complexity index is 692. The first-order chi connectivity index (χ1) is 10.4. The molecule has 0 aliphatic heterocycles. The first-order valence-electron chi connectivity index (χ1n) is 7.15. The second kappa shape index (κ2) is 6.86. The van der Waals surface area contributed by atoms with Crippen LogP contribution in [0.5, 0.6) is 5.88 Å². The molecule has 0 unspecified atom stereocenters. The van der Waals surface area contributed by atoms with Gasteiger partial charge in [-0.25, -0.2) is 4.98 Å². The van der Waals surface area contributed by atoms with Gasteiger partial charge in [0.2, 0.25) is 5.88 Å². The first kappa shape index (κ1) is 13.6. The number of ether oxygens (including phenoxy) is 1. The third-order valence-corrected chi connectivity index (χ3v) is 3.36. The van der Waals surface area contributed by atoms with Gasteiger partial charge in [0.15, 0.2) is 0 Å². The fourth-order valence-corrected chi connectivity index (χ4v) is 2.33. The summed E-state index contributed by atoms with van der Waals surface area (Å²) in [4.78, 5) is 4.13. The van der Waals surface area contributed by atoms with Crippen LogP contribution in [0.3, 0.4) is 0 Å². The maximum atomic E-state index is 5.56. The third kappa shape index (κ3) is 3.58. The van der Waals surface area contributed by atoms with Gasteiger partial charge < -0.3 is 10.1 Å². The minimum atomic E-state index is 0.613. The minimum Gasteiger partial charge on any atom is -0.476 e. The van der Waals surface area contributed by atoms with E-state index in [-0.39, 0.29) is 0 Å². The van der Waals surface area contributed by atoms with Crippen molar-refractivity contribution in [3.63, 3.8) is 0 Å². The summed E-state index contributed by atoms with van der Waals surface area (Å²) in [6.07, 6.45) is 1.73. The molecule has 0 aliphatic rings. The first-order valence-corrected chi connectivity index (χ1v) is 7.15. The lowest BCUT2D eigenvalue weighted by molar-refractivity contribution is 0.302. The molecule has 3 heteroatoms. The SMILES string of the molecule is c1ccc(OCCNCc2cccc3ccccc23)nc1. The summed E-state index contributed by atoms with van der Waals surface area (Å²) in [5.41, 5.74) is 1.31. The molecule has 3 aromatic rings. The topological polar surface area (TPSA) is 34.1 Å². The standard InChI is InChI=1S/C18H18N2O/c1-2-9-17-15(6-1)7-5-8-16(17)14-19-12-13-21-18-10-3-4-11-20-18/h1-11,19H,12-14H2. The van der Waals surface area contributed by atoms with Gasteiger partial charge in [-0.2, -0.15) is 0 Å². The molecule has 3 nitrogen and oxygen atoms in total. The second-order valence-electron chi connectivity index (χ2n) is 4.83. The fraction of sp³-hybridized carbons (Fsp3) is 0.167. The largest absolute Gasteiger partial charge is 0.476 e. The van der Waals surface area contributed by atoms with Crippen molar-refractivity contribution in [2.45, 2.75) is 6.54 Å². The van der Waals surface area contributed by atoms with Crippen LogP contribution in [0.4, 0.5) is 0 Å². The minimum absolute atomic E-state index is 0.613. The molecule has 2 aromatic carbocycles. The van der Waals surface area contributed by atoms with Gasteiger partial charge in [-0.3, -0.25) is 0 Å². The summed E-state index contributed by atoms with van der Waals surface area (Å²) in [5.74, 6) is 0.671. The van der Waals surface area contributed by atoms with Crippen LogP contribution in [0.25, 0.3) is 10.8 Å². The number of rotatable bonds is 6. The van der Waals surface area contributed by atoms with Gasteiger partial charge in [0, 0.05) is 25.4 Å². The lowest BCUT2D eigenvalue weighted by Gasteiger charge is -2.09. The number of hydrogen-bond acceptors (Lipinski definition) is 3. The summed E-state index contributed by atoms with van der Waals surface area (Å²) in [7, 11) is 0. The Morgan fingerprint density at radius 2 is 1.76 bits per heavy atom. The van der Waals surface area contributed by atoms with Gasteiger partial charge in [-0.15, -0.1) is 0 Å². The van der Waals surface area contributed by atoms with Crippen molar-refractivity contribution in [3.05, 3.63) is 72.4 Å². The second-order valence-corrected chi connectivity index (χ2v) is 4.83. The van der Waals surface area contributed by atoms with Gasteiger partial charge in [-0.05, 0) is 22.4 Å². The van der Waals surface area contributed by atoms with E-state index in [9.17, 15) is 0 Å². The molecule has 0 fully saturated rings. The van der Waals surface area contributed by atoms with Crippen LogP contribution >= 0.6 is 0 Å². The summed E-state index contributed by atoms with van der Waals surface area (Å²) >= 11 is 0. The molecular weight excluding hydrogens is 260 g/mol. The van der Waals surface area contributed by atoms with Gasteiger partial charge >= 0.3 is 0 Å². The number of nitrogens with one attached hydrogen (secondary N) is 1. The predicted octanol–water partition coefficient (Wildman–Crippen LogP) is 3.40. The zero-order chi connectivity index (χ0) is 14.3. The third-order valence-electron chi connectivity index (χ3n) is 3.36. The van der Waals surface area contributed by atoms with E-state index in [0.29, 0.717) is 12.5 Å². The van der Waals surface area contributed by atoms with E-state index >= 15 is 0 Å². The molecule has 1 heterocycles. The van der Waals surface area contributed by atoms with Crippen molar-refractivity contribution >= 4 is 10.8 Å². The monoisotopic (exact) mass is 278 g/mol. The van der Waals surface area contributed by atoms with E-state index in [1.807, 2.05) is 18.2 Å². The maximum Gasteiger partial charge on any atom is 0.213 e. The number of pyridine rings is 1. The normalized spacial score (nSPS) is 10.7. The molecule has 1 aromatic heterocycles. The van der Waals surface area contributed by atoms with Gasteiger partial charge in [0.1, 0.15) is 6.61 Å². The highest BCUT2D eigenvalue weighted by Gasteiger charge is 1.99. The number of aromatic nitrogens is 1. The quantitative estimate of drug-likeness (QED) is 0.702. The fourth-order valence-electron chi connectivity index (χ4n) is 2.33. The van der Waals surface area contributed by atoms with Crippen LogP contribution in [0, 0.1) is 0 Å². The molecule has 0 radical (unpaired) electrons. The highest BCUT2D eigenvalue weighted by atomic mass is 16.5. The smallest absolute Gasteiger partial charge is 0.213 e. The molecule has 0 spiro atoms. The Morgan fingerprint density at radius 3 is 2.67 bits per heavy atom. The van der Waals surface area contributed by atoms with E-state index in [4.69, 9.17) is 4.74 Å². The number of fused-ring (bicyclic) bond motifs is 1. The summed E-state index contributed by atoms with van der Waals surface area (Å²) in [6, 6.07) is 20.5. The molecule has 21 heavy (non-hydrogen) atoms. The van der Waals surface area contributed by atoms with E-state index in [2.05, 4.69) is 52.8 Å². The highest BCUT2D eigenvalue weighted by molar-refractivity contribution is 5.85. The molecule has 0 saturated heterocycles. The average molecular weight is 278 g/mol. The zero-order valence-corrected chi connectivity index (χ0v) is 11.8. The van der Waals surface area contributed by atoms with Gasteiger partial charge in [0.25, 0.3) is 0 Å². The number of benzene rings is 2.